The molecule has 0 aliphatic heterocycles. The van der Waals surface area contributed by atoms with Gasteiger partial charge in [0.05, 0.1) is 6.10 Å². The SMILES string of the molecule is Cc1ccc(C)c([C@H]2CCCC[C@H]2O)c1. The van der Waals surface area contributed by atoms with Gasteiger partial charge in [-0.1, -0.05) is 36.6 Å². The van der Waals surface area contributed by atoms with E-state index in [2.05, 4.69) is 32.0 Å². The van der Waals surface area contributed by atoms with Gasteiger partial charge in [0, 0.05) is 5.92 Å². The fourth-order valence-electron chi connectivity index (χ4n) is 2.63. The fourth-order valence-corrected chi connectivity index (χ4v) is 2.63. The Morgan fingerprint density at radius 1 is 1.13 bits per heavy atom. The number of rotatable bonds is 1. The maximum Gasteiger partial charge on any atom is 0.0608 e. The molecule has 1 heteroatoms. The first-order valence-corrected chi connectivity index (χ1v) is 5.93. The van der Waals surface area contributed by atoms with Gasteiger partial charge in [0.25, 0.3) is 0 Å². The number of hydrogen-bond donors (Lipinski definition) is 1. The second kappa shape index (κ2) is 4.36. The molecule has 2 rings (SSSR count). The highest BCUT2D eigenvalue weighted by molar-refractivity contribution is 5.34. The lowest BCUT2D eigenvalue weighted by molar-refractivity contribution is 0.106. The van der Waals surface area contributed by atoms with Crippen molar-refractivity contribution in [2.75, 3.05) is 0 Å². The molecule has 0 unspecified atom stereocenters. The number of aryl methyl sites for hydroxylation is 2. The van der Waals surface area contributed by atoms with E-state index in [1.807, 2.05) is 0 Å². The summed E-state index contributed by atoms with van der Waals surface area (Å²) < 4.78 is 0. The number of aliphatic hydroxyl groups is 1. The largest absolute Gasteiger partial charge is 0.392 e. The summed E-state index contributed by atoms with van der Waals surface area (Å²) in [5, 5.41) is 10.0. The Balaban J connectivity index is 2.30. The molecular weight excluding hydrogens is 184 g/mol. The molecule has 82 valence electrons. The second-order valence-corrected chi connectivity index (χ2v) is 4.82. The molecular formula is C14H20O. The van der Waals surface area contributed by atoms with E-state index in [4.69, 9.17) is 0 Å². The predicted molar refractivity (Wildman–Crippen MR) is 63.1 cm³/mol. The lowest BCUT2D eigenvalue weighted by Gasteiger charge is -2.29. The smallest absolute Gasteiger partial charge is 0.0608 e. The van der Waals surface area contributed by atoms with Gasteiger partial charge in [0.2, 0.25) is 0 Å². The van der Waals surface area contributed by atoms with Crippen molar-refractivity contribution < 1.29 is 5.11 Å². The van der Waals surface area contributed by atoms with Crippen molar-refractivity contribution in [1.29, 1.82) is 0 Å². The van der Waals surface area contributed by atoms with Gasteiger partial charge in [0.15, 0.2) is 0 Å². The van der Waals surface area contributed by atoms with Crippen LogP contribution in [0.2, 0.25) is 0 Å². The van der Waals surface area contributed by atoms with Gasteiger partial charge in [-0.15, -0.1) is 0 Å². The Labute approximate surface area is 92.1 Å². The van der Waals surface area contributed by atoms with Crippen LogP contribution in [0, 0.1) is 13.8 Å². The predicted octanol–water partition coefficient (Wildman–Crippen LogP) is 3.32. The molecule has 0 spiro atoms. The van der Waals surface area contributed by atoms with Crippen LogP contribution in [0.15, 0.2) is 18.2 Å². The van der Waals surface area contributed by atoms with Crippen molar-refractivity contribution in [3.63, 3.8) is 0 Å². The average molecular weight is 204 g/mol. The molecule has 1 aliphatic carbocycles. The molecule has 0 bridgehead atoms. The molecule has 1 nitrogen and oxygen atoms in total. The minimum atomic E-state index is -0.126. The summed E-state index contributed by atoms with van der Waals surface area (Å²) in [6, 6.07) is 6.56. The Morgan fingerprint density at radius 3 is 2.60 bits per heavy atom. The van der Waals surface area contributed by atoms with E-state index >= 15 is 0 Å². The minimum Gasteiger partial charge on any atom is -0.392 e. The van der Waals surface area contributed by atoms with E-state index in [0.29, 0.717) is 5.92 Å². The maximum atomic E-state index is 10.0. The van der Waals surface area contributed by atoms with Crippen molar-refractivity contribution in [2.45, 2.75) is 51.6 Å². The summed E-state index contributed by atoms with van der Waals surface area (Å²) in [5.74, 6) is 0.374. The van der Waals surface area contributed by atoms with Crippen LogP contribution >= 0.6 is 0 Å². The molecule has 15 heavy (non-hydrogen) atoms. The van der Waals surface area contributed by atoms with Gasteiger partial charge < -0.3 is 5.11 Å². The zero-order valence-corrected chi connectivity index (χ0v) is 9.66. The normalized spacial score (nSPS) is 26.6. The Hall–Kier alpha value is -0.820. The summed E-state index contributed by atoms with van der Waals surface area (Å²) in [4.78, 5) is 0. The van der Waals surface area contributed by atoms with Gasteiger partial charge >= 0.3 is 0 Å². The van der Waals surface area contributed by atoms with Crippen molar-refractivity contribution in [1.82, 2.24) is 0 Å². The van der Waals surface area contributed by atoms with Crippen LogP contribution in [0.5, 0.6) is 0 Å². The molecule has 0 radical (unpaired) electrons. The van der Waals surface area contributed by atoms with Crippen LogP contribution in [-0.4, -0.2) is 11.2 Å². The Kier molecular flexibility index (Phi) is 3.11. The monoisotopic (exact) mass is 204 g/mol. The highest BCUT2D eigenvalue weighted by Crippen LogP contribution is 2.34. The third-order valence-electron chi connectivity index (χ3n) is 3.56. The van der Waals surface area contributed by atoms with Crippen molar-refractivity contribution in [2.24, 2.45) is 0 Å². The minimum absolute atomic E-state index is 0.126. The first kappa shape index (κ1) is 10.7. The zero-order chi connectivity index (χ0) is 10.8. The maximum absolute atomic E-state index is 10.0. The highest BCUT2D eigenvalue weighted by Gasteiger charge is 2.25. The van der Waals surface area contributed by atoms with Crippen LogP contribution in [0.3, 0.4) is 0 Å². The van der Waals surface area contributed by atoms with Crippen LogP contribution < -0.4 is 0 Å². The highest BCUT2D eigenvalue weighted by atomic mass is 16.3. The fraction of sp³-hybridized carbons (Fsp3) is 0.571. The molecule has 1 fully saturated rings. The summed E-state index contributed by atoms with van der Waals surface area (Å²) in [7, 11) is 0. The van der Waals surface area contributed by atoms with E-state index in [9.17, 15) is 5.11 Å². The number of benzene rings is 1. The average Bonchev–Trinajstić information content (AvgIpc) is 2.23. The van der Waals surface area contributed by atoms with Crippen molar-refractivity contribution in [3.8, 4) is 0 Å². The topological polar surface area (TPSA) is 20.2 Å². The van der Waals surface area contributed by atoms with E-state index in [0.717, 1.165) is 12.8 Å². The van der Waals surface area contributed by atoms with Gasteiger partial charge in [-0.2, -0.15) is 0 Å². The van der Waals surface area contributed by atoms with Crippen molar-refractivity contribution in [3.05, 3.63) is 34.9 Å². The van der Waals surface area contributed by atoms with Crippen molar-refractivity contribution >= 4 is 0 Å². The Bertz CT molecular complexity index is 343. The first-order chi connectivity index (χ1) is 7.18. The van der Waals surface area contributed by atoms with Gasteiger partial charge in [-0.05, 0) is 37.8 Å². The molecule has 1 aromatic rings. The van der Waals surface area contributed by atoms with Crippen LogP contribution in [0.1, 0.15) is 48.3 Å². The standard InChI is InChI=1S/C14H20O/c1-10-7-8-11(2)13(9-10)12-5-3-4-6-14(12)15/h7-9,12,14-15H,3-6H2,1-2H3/t12-,14-/m1/s1. The van der Waals surface area contributed by atoms with E-state index in [1.54, 1.807) is 0 Å². The molecule has 2 atom stereocenters. The summed E-state index contributed by atoms with van der Waals surface area (Å²) in [6.07, 6.45) is 4.43. The molecule has 0 amide bonds. The third-order valence-corrected chi connectivity index (χ3v) is 3.56. The summed E-state index contributed by atoms with van der Waals surface area (Å²) in [5.41, 5.74) is 3.99. The summed E-state index contributed by atoms with van der Waals surface area (Å²) in [6.45, 7) is 4.27. The molecule has 1 aromatic carbocycles. The van der Waals surface area contributed by atoms with Gasteiger partial charge in [-0.25, -0.2) is 0 Å². The molecule has 1 aliphatic rings. The molecule has 0 saturated heterocycles. The Morgan fingerprint density at radius 2 is 1.87 bits per heavy atom. The number of hydrogen-bond acceptors (Lipinski definition) is 1. The lowest BCUT2D eigenvalue weighted by atomic mass is 9.80. The van der Waals surface area contributed by atoms with Crippen LogP contribution in [0.4, 0.5) is 0 Å². The first-order valence-electron chi connectivity index (χ1n) is 5.93. The molecule has 1 saturated carbocycles. The molecule has 1 N–H and O–H groups in total. The lowest BCUT2D eigenvalue weighted by Crippen LogP contribution is -2.23. The molecule has 0 aromatic heterocycles. The zero-order valence-electron chi connectivity index (χ0n) is 9.66. The molecule has 0 heterocycles. The number of aliphatic hydroxyl groups excluding tert-OH is 1. The quantitative estimate of drug-likeness (QED) is 0.744. The van der Waals surface area contributed by atoms with Gasteiger partial charge in [0.1, 0.15) is 0 Å². The van der Waals surface area contributed by atoms with E-state index < -0.39 is 0 Å². The van der Waals surface area contributed by atoms with Crippen LogP contribution in [-0.2, 0) is 0 Å². The second-order valence-electron chi connectivity index (χ2n) is 4.82. The van der Waals surface area contributed by atoms with Crippen LogP contribution in [0.25, 0.3) is 0 Å². The van der Waals surface area contributed by atoms with Gasteiger partial charge in [-0.3, -0.25) is 0 Å². The van der Waals surface area contributed by atoms with E-state index in [1.165, 1.54) is 29.5 Å². The third kappa shape index (κ3) is 2.23. The summed E-state index contributed by atoms with van der Waals surface area (Å²) >= 11 is 0. The van der Waals surface area contributed by atoms with E-state index in [-0.39, 0.29) is 6.10 Å².